The van der Waals surface area contributed by atoms with Crippen molar-refractivity contribution in [1.29, 1.82) is 0 Å². The van der Waals surface area contributed by atoms with E-state index in [1.807, 2.05) is 0 Å². The summed E-state index contributed by atoms with van der Waals surface area (Å²) in [6.07, 6.45) is 0. The zero-order chi connectivity index (χ0) is 29.8. The topological polar surface area (TPSA) is 4.93 Å². The van der Waals surface area contributed by atoms with Crippen LogP contribution in [0, 0.1) is 41.5 Å². The molecule has 0 saturated carbocycles. The van der Waals surface area contributed by atoms with Gasteiger partial charge in [0.1, 0.15) is 0 Å². The number of hydrogen-bond donors (Lipinski definition) is 0. The highest BCUT2D eigenvalue weighted by Crippen LogP contribution is 2.40. The van der Waals surface area contributed by atoms with Crippen molar-refractivity contribution >= 4 is 21.8 Å². The van der Waals surface area contributed by atoms with Crippen molar-refractivity contribution in [1.82, 2.24) is 4.57 Å². The van der Waals surface area contributed by atoms with Gasteiger partial charge in [-0.2, -0.15) is 0 Å². The molecule has 1 aromatic heterocycles. The van der Waals surface area contributed by atoms with Crippen molar-refractivity contribution in [2.45, 2.75) is 41.5 Å². The van der Waals surface area contributed by atoms with E-state index >= 15 is 0 Å². The van der Waals surface area contributed by atoms with Gasteiger partial charge < -0.3 is 4.57 Å². The lowest BCUT2D eigenvalue weighted by Gasteiger charge is -2.16. The lowest BCUT2D eigenvalue weighted by atomic mass is 9.97. The quantitative estimate of drug-likeness (QED) is 0.204. The summed E-state index contributed by atoms with van der Waals surface area (Å²) in [5.41, 5.74) is 18.9. The first-order valence-corrected chi connectivity index (χ1v) is 15.2. The van der Waals surface area contributed by atoms with Crippen LogP contribution in [0.15, 0.2) is 115 Å². The fourth-order valence-corrected chi connectivity index (χ4v) is 6.94. The molecular weight excluding hydrogens is 518 g/mol. The minimum atomic E-state index is 1.20. The van der Waals surface area contributed by atoms with Gasteiger partial charge in [0.25, 0.3) is 0 Å². The Morgan fingerprint density at radius 2 is 0.884 bits per heavy atom. The zero-order valence-electron chi connectivity index (χ0n) is 25.9. The maximum atomic E-state index is 2.47. The average Bonchev–Trinajstić information content (AvgIpc) is 3.29. The molecule has 0 spiro atoms. The molecule has 0 fully saturated rings. The molecule has 0 unspecified atom stereocenters. The Bertz CT molecular complexity index is 2040. The van der Waals surface area contributed by atoms with Crippen molar-refractivity contribution in [3.8, 4) is 39.1 Å². The number of nitrogens with zero attached hydrogens (tertiary/aromatic N) is 1. The molecule has 1 heteroatoms. The molecule has 6 aromatic carbocycles. The number of hydrogen-bond acceptors (Lipinski definition) is 0. The van der Waals surface area contributed by atoms with E-state index < -0.39 is 0 Å². The predicted octanol–water partition coefficient (Wildman–Crippen LogP) is 11.6. The molecule has 210 valence electrons. The Hall–Kier alpha value is -4.88. The Morgan fingerprint density at radius 3 is 1.40 bits per heavy atom. The van der Waals surface area contributed by atoms with Gasteiger partial charge in [0.15, 0.2) is 0 Å². The standard InChI is InChI=1S/C42H37N/c1-26-11-14-36(31(6)19-26)37-9-7-8-10-40(37)43-41-15-12-32(34-20-27(2)17-28(3)21-34)24-38(41)39-25-33(13-16-42(39)43)35-22-29(4)18-30(5)23-35/h7-25H,1-6H3. The summed E-state index contributed by atoms with van der Waals surface area (Å²) in [5, 5.41) is 2.54. The largest absolute Gasteiger partial charge is 0.309 e. The van der Waals surface area contributed by atoms with E-state index in [1.54, 1.807) is 0 Å². The Labute approximate surface area is 255 Å². The number of benzene rings is 6. The van der Waals surface area contributed by atoms with Crippen molar-refractivity contribution in [3.05, 3.63) is 149 Å². The van der Waals surface area contributed by atoms with Crippen LogP contribution in [0.2, 0.25) is 0 Å². The SMILES string of the molecule is Cc1cc(C)cc(-c2ccc3c(c2)c2cc(-c4cc(C)cc(C)c4)ccc2n3-c2ccccc2-c2ccc(C)cc2C)c1. The monoisotopic (exact) mass is 555 g/mol. The number of para-hydroxylation sites is 1. The van der Waals surface area contributed by atoms with Crippen molar-refractivity contribution < 1.29 is 0 Å². The summed E-state index contributed by atoms with van der Waals surface area (Å²) in [5.74, 6) is 0. The molecule has 7 aromatic rings. The molecule has 0 saturated heterocycles. The molecule has 0 bridgehead atoms. The molecule has 0 atom stereocenters. The number of rotatable bonds is 4. The van der Waals surface area contributed by atoms with Gasteiger partial charge in [0, 0.05) is 16.3 Å². The van der Waals surface area contributed by atoms with E-state index in [9.17, 15) is 0 Å². The Balaban J connectivity index is 1.54. The molecule has 0 radical (unpaired) electrons. The van der Waals surface area contributed by atoms with Crippen LogP contribution in [0.5, 0.6) is 0 Å². The van der Waals surface area contributed by atoms with E-state index in [0.29, 0.717) is 0 Å². The fraction of sp³-hybridized carbons (Fsp3) is 0.143. The van der Waals surface area contributed by atoms with E-state index in [1.165, 1.54) is 94.3 Å². The smallest absolute Gasteiger partial charge is 0.0541 e. The third-order valence-corrected chi connectivity index (χ3v) is 8.69. The van der Waals surface area contributed by atoms with Gasteiger partial charge in [-0.3, -0.25) is 0 Å². The van der Waals surface area contributed by atoms with Gasteiger partial charge in [0.05, 0.1) is 16.7 Å². The van der Waals surface area contributed by atoms with E-state index in [0.717, 1.165) is 0 Å². The Kier molecular flexibility index (Phi) is 6.55. The molecule has 0 amide bonds. The highest BCUT2D eigenvalue weighted by Gasteiger charge is 2.18. The summed E-state index contributed by atoms with van der Waals surface area (Å²) < 4.78 is 2.47. The van der Waals surface area contributed by atoms with Gasteiger partial charge in [-0.1, -0.05) is 113 Å². The summed E-state index contributed by atoms with van der Waals surface area (Å²) in [4.78, 5) is 0. The van der Waals surface area contributed by atoms with Crippen LogP contribution < -0.4 is 0 Å². The lowest BCUT2D eigenvalue weighted by Crippen LogP contribution is -1.98. The van der Waals surface area contributed by atoms with Crippen molar-refractivity contribution in [2.24, 2.45) is 0 Å². The van der Waals surface area contributed by atoms with Crippen LogP contribution >= 0.6 is 0 Å². The van der Waals surface area contributed by atoms with Crippen molar-refractivity contribution in [3.63, 3.8) is 0 Å². The first kappa shape index (κ1) is 27.0. The summed E-state index contributed by atoms with van der Waals surface area (Å²) in [6, 6.07) is 43.3. The van der Waals surface area contributed by atoms with Crippen LogP contribution in [0.25, 0.3) is 60.9 Å². The third kappa shape index (κ3) is 4.85. The summed E-state index contributed by atoms with van der Waals surface area (Å²) in [7, 11) is 0. The van der Waals surface area contributed by atoms with Crippen LogP contribution in [0.3, 0.4) is 0 Å². The number of fused-ring (bicyclic) bond motifs is 3. The molecule has 1 nitrogen and oxygen atoms in total. The molecule has 1 heterocycles. The summed E-state index contributed by atoms with van der Waals surface area (Å²) >= 11 is 0. The second kappa shape index (κ2) is 10.4. The van der Waals surface area contributed by atoms with Gasteiger partial charge in [-0.05, 0) is 105 Å². The summed E-state index contributed by atoms with van der Waals surface area (Å²) in [6.45, 7) is 13.1. The van der Waals surface area contributed by atoms with Crippen LogP contribution in [0.4, 0.5) is 0 Å². The second-order valence-corrected chi connectivity index (χ2v) is 12.4. The predicted molar refractivity (Wildman–Crippen MR) is 186 cm³/mol. The maximum Gasteiger partial charge on any atom is 0.0541 e. The highest BCUT2D eigenvalue weighted by atomic mass is 15.0. The van der Waals surface area contributed by atoms with Gasteiger partial charge in [-0.25, -0.2) is 0 Å². The first-order valence-electron chi connectivity index (χ1n) is 15.2. The molecular formula is C42H37N. The van der Waals surface area contributed by atoms with Crippen LogP contribution in [0.1, 0.15) is 33.4 Å². The Morgan fingerprint density at radius 1 is 0.372 bits per heavy atom. The van der Waals surface area contributed by atoms with Gasteiger partial charge in [-0.15, -0.1) is 0 Å². The average molecular weight is 556 g/mol. The molecule has 0 aliphatic rings. The minimum absolute atomic E-state index is 1.20. The van der Waals surface area contributed by atoms with E-state index in [2.05, 4.69) is 161 Å². The number of aromatic nitrogens is 1. The molecule has 0 aliphatic heterocycles. The molecule has 0 aliphatic carbocycles. The van der Waals surface area contributed by atoms with Gasteiger partial charge in [0.2, 0.25) is 0 Å². The van der Waals surface area contributed by atoms with Gasteiger partial charge >= 0.3 is 0 Å². The lowest BCUT2D eigenvalue weighted by molar-refractivity contribution is 1.18. The highest BCUT2D eigenvalue weighted by molar-refractivity contribution is 6.12. The molecule has 0 N–H and O–H groups in total. The first-order chi connectivity index (χ1) is 20.7. The van der Waals surface area contributed by atoms with E-state index in [-0.39, 0.29) is 0 Å². The normalized spacial score (nSPS) is 11.5. The molecule has 43 heavy (non-hydrogen) atoms. The van der Waals surface area contributed by atoms with Crippen LogP contribution in [-0.4, -0.2) is 4.57 Å². The molecule has 7 rings (SSSR count). The van der Waals surface area contributed by atoms with Crippen LogP contribution in [-0.2, 0) is 0 Å². The minimum Gasteiger partial charge on any atom is -0.309 e. The second-order valence-electron chi connectivity index (χ2n) is 12.4. The number of aryl methyl sites for hydroxylation is 6. The zero-order valence-corrected chi connectivity index (χ0v) is 25.9. The third-order valence-electron chi connectivity index (χ3n) is 8.69. The fourth-order valence-electron chi connectivity index (χ4n) is 6.94. The van der Waals surface area contributed by atoms with Crippen molar-refractivity contribution in [2.75, 3.05) is 0 Å². The van der Waals surface area contributed by atoms with E-state index in [4.69, 9.17) is 0 Å². The maximum absolute atomic E-state index is 2.47.